The third-order valence-corrected chi connectivity index (χ3v) is 3.59. The van der Waals surface area contributed by atoms with Crippen LogP contribution in [0, 0.1) is 23.7 Å². The van der Waals surface area contributed by atoms with E-state index in [1.54, 1.807) is 0 Å². The molecular weight excluding hydrogens is 208 g/mol. The van der Waals surface area contributed by atoms with Crippen LogP contribution in [-0.2, 0) is 9.59 Å². The van der Waals surface area contributed by atoms with Crippen LogP contribution in [0.25, 0.3) is 0 Å². The summed E-state index contributed by atoms with van der Waals surface area (Å²) < 4.78 is 0. The second-order valence-corrected chi connectivity index (χ2v) is 4.41. The normalized spacial score (nSPS) is 31.7. The number of carboxylic acid groups (broad SMARTS) is 2. The summed E-state index contributed by atoms with van der Waals surface area (Å²) in [6.45, 7) is 0. The lowest BCUT2D eigenvalue weighted by Crippen LogP contribution is -2.33. The highest BCUT2D eigenvalue weighted by Crippen LogP contribution is 2.44. The second-order valence-electron chi connectivity index (χ2n) is 4.41. The van der Waals surface area contributed by atoms with Crippen molar-refractivity contribution in [1.82, 2.24) is 0 Å². The van der Waals surface area contributed by atoms with E-state index in [2.05, 4.69) is 0 Å². The summed E-state index contributed by atoms with van der Waals surface area (Å²) in [5.74, 6) is -3.60. The van der Waals surface area contributed by atoms with Crippen molar-refractivity contribution in [1.29, 1.82) is 0 Å². The SMILES string of the molecule is O=C(O)C(C(=O)O)C1CCC2C=CC=CC21. The third kappa shape index (κ3) is 1.75. The van der Waals surface area contributed by atoms with Gasteiger partial charge in [0.15, 0.2) is 5.92 Å². The van der Waals surface area contributed by atoms with Gasteiger partial charge in [0.2, 0.25) is 0 Å². The summed E-state index contributed by atoms with van der Waals surface area (Å²) >= 11 is 0. The lowest BCUT2D eigenvalue weighted by atomic mass is 9.79. The molecule has 4 heteroatoms. The van der Waals surface area contributed by atoms with Gasteiger partial charge in [0, 0.05) is 0 Å². The highest BCUT2D eigenvalue weighted by Gasteiger charge is 2.44. The van der Waals surface area contributed by atoms with Gasteiger partial charge in [0.25, 0.3) is 0 Å². The van der Waals surface area contributed by atoms with Crippen LogP contribution >= 0.6 is 0 Å². The van der Waals surface area contributed by atoms with E-state index >= 15 is 0 Å². The maximum atomic E-state index is 11.0. The van der Waals surface area contributed by atoms with E-state index in [9.17, 15) is 9.59 Å². The molecule has 16 heavy (non-hydrogen) atoms. The van der Waals surface area contributed by atoms with Gasteiger partial charge in [-0.15, -0.1) is 0 Å². The van der Waals surface area contributed by atoms with Crippen LogP contribution in [0.1, 0.15) is 12.8 Å². The summed E-state index contributed by atoms with van der Waals surface area (Å²) in [6.07, 6.45) is 9.37. The number of carboxylic acids is 2. The van der Waals surface area contributed by atoms with Crippen LogP contribution < -0.4 is 0 Å². The maximum absolute atomic E-state index is 11.0. The van der Waals surface area contributed by atoms with Crippen molar-refractivity contribution in [3.05, 3.63) is 24.3 Å². The minimum Gasteiger partial charge on any atom is -0.481 e. The zero-order chi connectivity index (χ0) is 11.7. The molecular formula is C12H14O4. The van der Waals surface area contributed by atoms with Crippen LogP contribution in [0.3, 0.4) is 0 Å². The van der Waals surface area contributed by atoms with Crippen molar-refractivity contribution in [2.45, 2.75) is 12.8 Å². The quantitative estimate of drug-likeness (QED) is 0.710. The Balaban J connectivity index is 2.21. The first-order valence-corrected chi connectivity index (χ1v) is 5.42. The predicted molar refractivity (Wildman–Crippen MR) is 56.7 cm³/mol. The third-order valence-electron chi connectivity index (χ3n) is 3.59. The van der Waals surface area contributed by atoms with Gasteiger partial charge in [-0.2, -0.15) is 0 Å². The zero-order valence-corrected chi connectivity index (χ0v) is 8.74. The number of rotatable bonds is 3. The molecule has 0 aromatic carbocycles. The molecule has 0 amide bonds. The molecule has 2 N–H and O–H groups in total. The lowest BCUT2D eigenvalue weighted by molar-refractivity contribution is -0.157. The Labute approximate surface area is 93.3 Å². The fourth-order valence-electron chi connectivity index (χ4n) is 2.86. The molecule has 0 spiro atoms. The van der Waals surface area contributed by atoms with Crippen LogP contribution in [0.4, 0.5) is 0 Å². The molecule has 1 fully saturated rings. The molecule has 0 bridgehead atoms. The number of hydrogen-bond acceptors (Lipinski definition) is 2. The number of hydrogen-bond donors (Lipinski definition) is 2. The molecule has 0 heterocycles. The fourth-order valence-corrected chi connectivity index (χ4v) is 2.86. The van der Waals surface area contributed by atoms with Crippen LogP contribution in [0.5, 0.6) is 0 Å². The van der Waals surface area contributed by atoms with Crippen LogP contribution in [-0.4, -0.2) is 22.2 Å². The Morgan fingerprint density at radius 2 is 1.69 bits per heavy atom. The molecule has 0 aromatic rings. The molecule has 0 aromatic heterocycles. The Morgan fingerprint density at radius 1 is 1.06 bits per heavy atom. The zero-order valence-electron chi connectivity index (χ0n) is 8.74. The van der Waals surface area contributed by atoms with E-state index in [1.165, 1.54) is 0 Å². The van der Waals surface area contributed by atoms with Crippen molar-refractivity contribution in [2.75, 3.05) is 0 Å². The average molecular weight is 222 g/mol. The number of fused-ring (bicyclic) bond motifs is 1. The van der Waals surface area contributed by atoms with Gasteiger partial charge in [-0.05, 0) is 30.6 Å². The van der Waals surface area contributed by atoms with Crippen molar-refractivity contribution in [3.8, 4) is 0 Å². The molecule has 2 rings (SSSR count). The molecule has 4 nitrogen and oxygen atoms in total. The largest absolute Gasteiger partial charge is 0.481 e. The minimum atomic E-state index is -1.27. The molecule has 86 valence electrons. The van der Waals surface area contributed by atoms with Gasteiger partial charge in [0.1, 0.15) is 0 Å². The smallest absolute Gasteiger partial charge is 0.318 e. The molecule has 3 atom stereocenters. The van der Waals surface area contributed by atoms with Crippen molar-refractivity contribution < 1.29 is 19.8 Å². The van der Waals surface area contributed by atoms with Crippen molar-refractivity contribution >= 4 is 11.9 Å². The Bertz CT molecular complexity index is 355. The van der Waals surface area contributed by atoms with Crippen LogP contribution in [0.2, 0.25) is 0 Å². The minimum absolute atomic E-state index is 0.0715. The van der Waals surface area contributed by atoms with Crippen molar-refractivity contribution in [2.24, 2.45) is 23.7 Å². The number of carbonyl (C=O) groups is 2. The molecule has 3 unspecified atom stereocenters. The van der Waals surface area contributed by atoms with Crippen molar-refractivity contribution in [3.63, 3.8) is 0 Å². The van der Waals surface area contributed by atoms with E-state index in [0.29, 0.717) is 12.3 Å². The first kappa shape index (κ1) is 10.9. The van der Waals surface area contributed by atoms with Gasteiger partial charge in [-0.1, -0.05) is 24.3 Å². The predicted octanol–water partition coefficient (Wildman–Crippen LogP) is 1.54. The highest BCUT2D eigenvalue weighted by atomic mass is 16.4. The van der Waals surface area contributed by atoms with E-state index in [-0.39, 0.29) is 11.8 Å². The summed E-state index contributed by atoms with van der Waals surface area (Å²) in [6, 6.07) is 0. The van der Waals surface area contributed by atoms with Gasteiger partial charge >= 0.3 is 11.9 Å². The Hall–Kier alpha value is -1.58. The fraction of sp³-hybridized carbons (Fsp3) is 0.500. The summed E-state index contributed by atoms with van der Waals surface area (Å²) in [7, 11) is 0. The molecule has 2 aliphatic rings. The number of allylic oxidation sites excluding steroid dienone is 4. The van der Waals surface area contributed by atoms with Gasteiger partial charge < -0.3 is 10.2 Å². The Kier molecular flexibility index (Phi) is 2.81. The monoisotopic (exact) mass is 222 g/mol. The summed E-state index contributed by atoms with van der Waals surface area (Å²) in [5, 5.41) is 17.9. The van der Waals surface area contributed by atoms with E-state index in [4.69, 9.17) is 10.2 Å². The first-order valence-electron chi connectivity index (χ1n) is 5.42. The molecule has 0 aliphatic heterocycles. The van der Waals surface area contributed by atoms with E-state index < -0.39 is 17.9 Å². The van der Waals surface area contributed by atoms with Crippen LogP contribution in [0.15, 0.2) is 24.3 Å². The van der Waals surface area contributed by atoms with Gasteiger partial charge in [-0.3, -0.25) is 9.59 Å². The van der Waals surface area contributed by atoms with E-state index in [0.717, 1.165) is 6.42 Å². The first-order chi connectivity index (χ1) is 7.61. The summed E-state index contributed by atoms with van der Waals surface area (Å²) in [4.78, 5) is 22.0. The van der Waals surface area contributed by atoms with Gasteiger partial charge in [0.05, 0.1) is 0 Å². The second kappa shape index (κ2) is 4.12. The number of aliphatic carboxylic acids is 2. The molecule has 2 aliphatic carbocycles. The maximum Gasteiger partial charge on any atom is 0.318 e. The summed E-state index contributed by atoms with van der Waals surface area (Å²) in [5.41, 5.74) is 0. The molecule has 1 saturated carbocycles. The standard InChI is InChI=1S/C12H14O4/c13-11(14)10(12(15)16)9-6-5-7-3-1-2-4-8(7)9/h1-4,7-10H,5-6H2,(H,13,14)(H,15,16). The lowest BCUT2D eigenvalue weighted by Gasteiger charge is -2.24. The highest BCUT2D eigenvalue weighted by molar-refractivity contribution is 5.93. The molecule has 0 saturated heterocycles. The van der Waals surface area contributed by atoms with Gasteiger partial charge in [-0.25, -0.2) is 0 Å². The average Bonchev–Trinajstić information content (AvgIpc) is 2.61. The topological polar surface area (TPSA) is 74.6 Å². The molecule has 0 radical (unpaired) electrons. The Morgan fingerprint density at radius 3 is 2.31 bits per heavy atom. The van der Waals surface area contributed by atoms with E-state index in [1.807, 2.05) is 24.3 Å².